The van der Waals surface area contributed by atoms with E-state index in [1.54, 1.807) is 0 Å². The van der Waals surface area contributed by atoms with Gasteiger partial charge >= 0.3 is 6.18 Å². The third-order valence-electron chi connectivity index (χ3n) is 1.42. The van der Waals surface area contributed by atoms with E-state index in [-0.39, 0.29) is 6.07 Å². The average molecular weight is 212 g/mol. The van der Waals surface area contributed by atoms with E-state index in [1.165, 1.54) is 0 Å². The third kappa shape index (κ3) is 2.30. The van der Waals surface area contributed by atoms with E-state index in [1.807, 2.05) is 0 Å². The summed E-state index contributed by atoms with van der Waals surface area (Å²) < 4.78 is 60.3. The number of anilines is 1. The van der Waals surface area contributed by atoms with Crippen LogP contribution in [0.15, 0.2) is 12.1 Å². The van der Waals surface area contributed by atoms with E-state index in [2.05, 4.69) is 4.98 Å². The van der Waals surface area contributed by atoms with Crippen molar-refractivity contribution in [3.05, 3.63) is 23.4 Å². The molecule has 0 aliphatic heterocycles. The first-order valence-corrected chi connectivity index (χ1v) is 3.43. The van der Waals surface area contributed by atoms with E-state index in [9.17, 15) is 22.0 Å². The van der Waals surface area contributed by atoms with Crippen molar-refractivity contribution in [2.24, 2.45) is 0 Å². The Labute approximate surface area is 75.5 Å². The first-order valence-electron chi connectivity index (χ1n) is 3.43. The van der Waals surface area contributed by atoms with Gasteiger partial charge in [0.2, 0.25) is 0 Å². The zero-order valence-corrected chi connectivity index (χ0v) is 6.65. The lowest BCUT2D eigenvalue weighted by atomic mass is 10.2. The largest absolute Gasteiger partial charge is 0.416 e. The standard InChI is InChI=1S/C7H5F5N2/c8-6(9)4-1-3(7(10,11)12)2-5(13)14-4/h1-2,6H,(H2,13,14). The van der Waals surface area contributed by atoms with Gasteiger partial charge in [0, 0.05) is 0 Å². The molecule has 0 spiro atoms. The molecule has 1 heterocycles. The van der Waals surface area contributed by atoms with Crippen LogP contribution in [0.3, 0.4) is 0 Å². The van der Waals surface area contributed by atoms with Gasteiger partial charge in [0.25, 0.3) is 6.43 Å². The summed E-state index contributed by atoms with van der Waals surface area (Å²) >= 11 is 0. The Kier molecular flexibility index (Phi) is 2.59. The van der Waals surface area contributed by atoms with E-state index < -0.39 is 29.7 Å². The van der Waals surface area contributed by atoms with E-state index in [0.717, 1.165) is 0 Å². The van der Waals surface area contributed by atoms with Crippen LogP contribution in [-0.2, 0) is 6.18 Å². The summed E-state index contributed by atoms with van der Waals surface area (Å²) in [6, 6.07) is 0.785. The maximum atomic E-state index is 12.1. The fourth-order valence-corrected chi connectivity index (χ4v) is 0.849. The molecule has 0 saturated carbocycles. The molecule has 0 saturated heterocycles. The Bertz CT molecular complexity index is 333. The smallest absolute Gasteiger partial charge is 0.384 e. The summed E-state index contributed by atoms with van der Waals surface area (Å²) in [5.41, 5.74) is 2.75. The molecule has 0 radical (unpaired) electrons. The average Bonchev–Trinajstić information content (AvgIpc) is 2.01. The van der Waals surface area contributed by atoms with Gasteiger partial charge in [-0.3, -0.25) is 0 Å². The number of rotatable bonds is 1. The van der Waals surface area contributed by atoms with Crippen molar-refractivity contribution >= 4 is 5.82 Å². The monoisotopic (exact) mass is 212 g/mol. The van der Waals surface area contributed by atoms with Crippen LogP contribution in [0.2, 0.25) is 0 Å². The minimum atomic E-state index is -4.69. The second-order valence-electron chi connectivity index (χ2n) is 2.50. The molecule has 0 aliphatic carbocycles. The van der Waals surface area contributed by atoms with E-state index >= 15 is 0 Å². The first-order chi connectivity index (χ1) is 6.30. The lowest BCUT2D eigenvalue weighted by Crippen LogP contribution is -2.08. The Morgan fingerprint density at radius 3 is 2.21 bits per heavy atom. The third-order valence-corrected chi connectivity index (χ3v) is 1.42. The van der Waals surface area contributed by atoms with E-state index in [4.69, 9.17) is 5.73 Å². The Morgan fingerprint density at radius 1 is 1.21 bits per heavy atom. The molecule has 0 atom stereocenters. The number of pyridine rings is 1. The van der Waals surface area contributed by atoms with Crippen LogP contribution in [0, 0.1) is 0 Å². The highest BCUT2D eigenvalue weighted by Gasteiger charge is 2.32. The summed E-state index contributed by atoms with van der Waals surface area (Å²) in [6.45, 7) is 0. The lowest BCUT2D eigenvalue weighted by molar-refractivity contribution is -0.137. The van der Waals surface area contributed by atoms with Crippen molar-refractivity contribution in [2.75, 3.05) is 5.73 Å². The van der Waals surface area contributed by atoms with Gasteiger partial charge < -0.3 is 5.73 Å². The van der Waals surface area contributed by atoms with Gasteiger partial charge in [-0.1, -0.05) is 0 Å². The van der Waals surface area contributed by atoms with Crippen molar-refractivity contribution in [1.29, 1.82) is 0 Å². The second-order valence-corrected chi connectivity index (χ2v) is 2.50. The van der Waals surface area contributed by atoms with Gasteiger partial charge in [0.15, 0.2) is 0 Å². The van der Waals surface area contributed by atoms with Crippen LogP contribution in [0.5, 0.6) is 0 Å². The highest BCUT2D eigenvalue weighted by Crippen LogP contribution is 2.32. The minimum absolute atomic E-state index is 0.279. The van der Waals surface area contributed by atoms with Crippen molar-refractivity contribution < 1.29 is 22.0 Å². The maximum Gasteiger partial charge on any atom is 0.416 e. The van der Waals surface area contributed by atoms with Crippen molar-refractivity contribution in [2.45, 2.75) is 12.6 Å². The van der Waals surface area contributed by atoms with E-state index in [0.29, 0.717) is 6.07 Å². The molecule has 1 aromatic heterocycles. The molecule has 0 amide bonds. The number of aromatic nitrogens is 1. The molecule has 14 heavy (non-hydrogen) atoms. The second kappa shape index (κ2) is 3.39. The number of halogens is 5. The quantitative estimate of drug-likeness (QED) is 0.726. The molecule has 0 unspecified atom stereocenters. The fraction of sp³-hybridized carbons (Fsp3) is 0.286. The van der Waals surface area contributed by atoms with Crippen molar-refractivity contribution in [1.82, 2.24) is 4.98 Å². The molecule has 0 bridgehead atoms. The molecule has 1 aromatic rings. The molecular formula is C7H5F5N2. The van der Waals surface area contributed by atoms with Crippen LogP contribution < -0.4 is 5.73 Å². The summed E-state index contributed by atoms with van der Waals surface area (Å²) in [5.74, 6) is -0.574. The SMILES string of the molecule is Nc1cc(C(F)(F)F)cc(C(F)F)n1. The Hall–Kier alpha value is -1.40. The number of nitrogens with two attached hydrogens (primary N) is 1. The predicted octanol–water partition coefficient (Wildman–Crippen LogP) is 2.62. The maximum absolute atomic E-state index is 12.1. The summed E-state index contributed by atoms with van der Waals surface area (Å²) in [5, 5.41) is 0. The summed E-state index contributed by atoms with van der Waals surface area (Å²) in [6.07, 6.45) is -7.76. The van der Waals surface area contributed by atoms with Gasteiger partial charge in [0.1, 0.15) is 11.5 Å². The summed E-state index contributed by atoms with van der Waals surface area (Å²) in [7, 11) is 0. The number of hydrogen-bond acceptors (Lipinski definition) is 2. The molecule has 78 valence electrons. The van der Waals surface area contributed by atoms with Gasteiger partial charge in [-0.2, -0.15) is 13.2 Å². The van der Waals surface area contributed by atoms with Crippen LogP contribution in [0.1, 0.15) is 17.7 Å². The number of hydrogen-bond donors (Lipinski definition) is 1. The molecule has 7 heteroatoms. The van der Waals surface area contributed by atoms with Crippen molar-refractivity contribution in [3.63, 3.8) is 0 Å². The number of alkyl halides is 5. The topological polar surface area (TPSA) is 38.9 Å². The lowest BCUT2D eigenvalue weighted by Gasteiger charge is -2.08. The fourth-order valence-electron chi connectivity index (χ4n) is 0.849. The van der Waals surface area contributed by atoms with Gasteiger partial charge in [-0.25, -0.2) is 13.8 Å². The predicted molar refractivity (Wildman–Crippen MR) is 38.6 cm³/mol. The van der Waals surface area contributed by atoms with Gasteiger partial charge in [-0.05, 0) is 12.1 Å². The minimum Gasteiger partial charge on any atom is -0.384 e. The van der Waals surface area contributed by atoms with Crippen LogP contribution >= 0.6 is 0 Å². The first kappa shape index (κ1) is 10.7. The molecule has 0 aromatic carbocycles. The molecule has 0 aliphatic rings. The van der Waals surface area contributed by atoms with Crippen LogP contribution in [0.25, 0.3) is 0 Å². The number of nitrogen functional groups attached to an aromatic ring is 1. The van der Waals surface area contributed by atoms with Gasteiger partial charge in [0.05, 0.1) is 5.56 Å². The normalized spacial score (nSPS) is 12.1. The van der Waals surface area contributed by atoms with Crippen LogP contribution in [0.4, 0.5) is 27.8 Å². The summed E-state index contributed by atoms with van der Waals surface area (Å²) in [4.78, 5) is 3.07. The highest BCUT2D eigenvalue weighted by molar-refractivity contribution is 5.36. The molecular weight excluding hydrogens is 207 g/mol. The van der Waals surface area contributed by atoms with Gasteiger partial charge in [-0.15, -0.1) is 0 Å². The zero-order chi connectivity index (χ0) is 10.9. The molecule has 1 rings (SSSR count). The Morgan fingerprint density at radius 2 is 1.79 bits per heavy atom. The van der Waals surface area contributed by atoms with Crippen LogP contribution in [-0.4, -0.2) is 4.98 Å². The molecule has 2 N–H and O–H groups in total. The molecule has 0 fully saturated rings. The van der Waals surface area contributed by atoms with Crippen molar-refractivity contribution in [3.8, 4) is 0 Å². The number of nitrogens with zero attached hydrogens (tertiary/aromatic N) is 1. The highest BCUT2D eigenvalue weighted by atomic mass is 19.4. The molecule has 2 nitrogen and oxygen atoms in total. The zero-order valence-electron chi connectivity index (χ0n) is 6.65. The Balaban J connectivity index is 3.21.